The highest BCUT2D eigenvalue weighted by molar-refractivity contribution is 7.99. The van der Waals surface area contributed by atoms with E-state index in [0.717, 1.165) is 17.9 Å². The molecule has 2 amide bonds. The lowest BCUT2D eigenvalue weighted by Crippen LogP contribution is -2.63. The molecule has 17 heavy (non-hydrogen) atoms. The van der Waals surface area contributed by atoms with Gasteiger partial charge >= 0.3 is 0 Å². The first kappa shape index (κ1) is 14.4. The van der Waals surface area contributed by atoms with Gasteiger partial charge in [0.1, 0.15) is 12.1 Å². The zero-order valence-corrected chi connectivity index (χ0v) is 11.8. The summed E-state index contributed by atoms with van der Waals surface area (Å²) in [4.78, 5) is 25.5. The summed E-state index contributed by atoms with van der Waals surface area (Å²) in [6, 6.07) is -0.606. The monoisotopic (exact) mass is 258 g/mol. The van der Waals surface area contributed by atoms with Gasteiger partial charge in [-0.1, -0.05) is 6.92 Å². The van der Waals surface area contributed by atoms with Gasteiger partial charge in [0.05, 0.1) is 0 Å². The summed E-state index contributed by atoms with van der Waals surface area (Å²) in [7, 11) is 0. The molecular weight excluding hydrogens is 236 g/mol. The number of piperazine rings is 1. The average molecular weight is 258 g/mol. The van der Waals surface area contributed by atoms with Crippen molar-refractivity contribution in [1.82, 2.24) is 10.2 Å². The van der Waals surface area contributed by atoms with Crippen LogP contribution >= 0.6 is 11.8 Å². The summed E-state index contributed by atoms with van der Waals surface area (Å²) in [5, 5.41) is 2.70. The van der Waals surface area contributed by atoms with Crippen LogP contribution in [-0.4, -0.2) is 46.3 Å². The topological polar surface area (TPSA) is 49.4 Å². The van der Waals surface area contributed by atoms with Gasteiger partial charge in [0.2, 0.25) is 11.8 Å². The summed E-state index contributed by atoms with van der Waals surface area (Å²) in [6.07, 6.45) is 0.939. The highest BCUT2D eigenvalue weighted by Crippen LogP contribution is 2.17. The van der Waals surface area contributed by atoms with Crippen molar-refractivity contribution in [1.29, 1.82) is 0 Å². The van der Waals surface area contributed by atoms with Gasteiger partial charge in [-0.3, -0.25) is 9.59 Å². The third-order valence-electron chi connectivity index (χ3n) is 3.14. The third kappa shape index (κ3) is 3.37. The number of carbonyl (C=O) groups is 2. The fraction of sp³-hybridized carbons (Fsp3) is 0.833. The minimum atomic E-state index is -0.389. The van der Waals surface area contributed by atoms with Crippen LogP contribution in [0.3, 0.4) is 0 Å². The Hall–Kier alpha value is -0.710. The maximum Gasteiger partial charge on any atom is 0.245 e. The summed E-state index contributed by atoms with van der Waals surface area (Å²) < 4.78 is 0. The molecule has 1 fully saturated rings. The zero-order valence-electron chi connectivity index (χ0n) is 11.0. The molecule has 0 aromatic carbocycles. The maximum atomic E-state index is 12.1. The number of nitrogens with one attached hydrogen (secondary N) is 1. The van der Waals surface area contributed by atoms with Crippen LogP contribution in [0.5, 0.6) is 0 Å². The molecule has 4 nitrogen and oxygen atoms in total. The van der Waals surface area contributed by atoms with Crippen LogP contribution < -0.4 is 5.32 Å². The molecule has 0 spiro atoms. The zero-order chi connectivity index (χ0) is 13.0. The second-order valence-corrected chi connectivity index (χ2v) is 5.88. The van der Waals surface area contributed by atoms with Gasteiger partial charge in [0.15, 0.2) is 0 Å². The normalized spacial score (nSPS) is 26.9. The lowest BCUT2D eigenvalue weighted by atomic mass is 10.1. The molecule has 1 heterocycles. The van der Waals surface area contributed by atoms with Crippen LogP contribution in [0.15, 0.2) is 0 Å². The van der Waals surface area contributed by atoms with Crippen molar-refractivity contribution in [3.05, 3.63) is 0 Å². The van der Waals surface area contributed by atoms with E-state index in [4.69, 9.17) is 0 Å². The van der Waals surface area contributed by atoms with Crippen molar-refractivity contribution in [2.45, 2.75) is 52.2 Å². The van der Waals surface area contributed by atoms with Gasteiger partial charge in [0.25, 0.3) is 0 Å². The van der Waals surface area contributed by atoms with E-state index < -0.39 is 0 Å². The van der Waals surface area contributed by atoms with Gasteiger partial charge in [-0.2, -0.15) is 11.8 Å². The van der Waals surface area contributed by atoms with E-state index in [-0.39, 0.29) is 29.9 Å². The second-order valence-electron chi connectivity index (χ2n) is 4.49. The number of amides is 2. The number of rotatable bonds is 5. The molecule has 0 aromatic heterocycles. The van der Waals surface area contributed by atoms with E-state index in [0.29, 0.717) is 0 Å². The Labute approximate surface area is 108 Å². The molecule has 0 radical (unpaired) electrons. The Kier molecular flexibility index (Phi) is 5.31. The van der Waals surface area contributed by atoms with Crippen LogP contribution in [0.25, 0.3) is 0 Å². The molecule has 0 bridgehead atoms. The number of carbonyl (C=O) groups excluding carboxylic acids is 2. The Morgan fingerprint density at radius 2 is 2.06 bits per heavy atom. The summed E-state index contributed by atoms with van der Waals surface area (Å²) in [5.41, 5.74) is 0. The Morgan fingerprint density at radius 1 is 1.41 bits per heavy atom. The fourth-order valence-corrected chi connectivity index (χ4v) is 2.87. The first-order chi connectivity index (χ1) is 7.99. The van der Waals surface area contributed by atoms with Crippen LogP contribution in [0, 0.1) is 0 Å². The van der Waals surface area contributed by atoms with E-state index >= 15 is 0 Å². The number of thioether (sulfide) groups is 1. The van der Waals surface area contributed by atoms with Crippen LogP contribution in [0.4, 0.5) is 0 Å². The largest absolute Gasteiger partial charge is 0.343 e. The quantitative estimate of drug-likeness (QED) is 0.755. The summed E-state index contributed by atoms with van der Waals surface area (Å²) in [6.45, 7) is 7.69. The van der Waals surface area contributed by atoms with E-state index in [1.165, 1.54) is 0 Å². The summed E-state index contributed by atoms with van der Waals surface area (Å²) in [5.74, 6) is 2.11. The van der Waals surface area contributed by atoms with Gasteiger partial charge in [-0.15, -0.1) is 0 Å². The maximum absolute atomic E-state index is 12.1. The highest BCUT2D eigenvalue weighted by atomic mass is 32.2. The SMILES string of the molecule is CCSCCC(C)N1C(=O)C(C)NC(=O)C1C. The molecule has 3 atom stereocenters. The molecule has 5 heteroatoms. The molecule has 98 valence electrons. The Balaban J connectivity index is 2.64. The molecule has 1 N–H and O–H groups in total. The minimum absolute atomic E-state index is 0.0334. The van der Waals surface area contributed by atoms with Crippen molar-refractivity contribution in [2.24, 2.45) is 0 Å². The Bertz CT molecular complexity index is 296. The van der Waals surface area contributed by atoms with Crippen molar-refractivity contribution < 1.29 is 9.59 Å². The van der Waals surface area contributed by atoms with Crippen molar-refractivity contribution in [3.8, 4) is 0 Å². The van der Waals surface area contributed by atoms with Gasteiger partial charge < -0.3 is 10.2 Å². The number of nitrogens with zero attached hydrogens (tertiary/aromatic N) is 1. The first-order valence-corrected chi connectivity index (χ1v) is 7.34. The molecule has 1 rings (SSSR count). The third-order valence-corrected chi connectivity index (χ3v) is 4.07. The van der Waals surface area contributed by atoms with E-state index in [2.05, 4.69) is 12.2 Å². The predicted molar refractivity (Wildman–Crippen MR) is 71.0 cm³/mol. The molecule has 0 aliphatic carbocycles. The van der Waals surface area contributed by atoms with Crippen molar-refractivity contribution in [2.75, 3.05) is 11.5 Å². The minimum Gasteiger partial charge on any atom is -0.343 e. The number of hydrogen-bond donors (Lipinski definition) is 1. The molecule has 0 saturated carbocycles. The standard InChI is InChI=1S/C12H22N2O2S/c1-5-17-7-6-8(2)14-10(4)11(15)13-9(3)12(14)16/h8-10H,5-7H2,1-4H3,(H,13,15). The highest BCUT2D eigenvalue weighted by Gasteiger charge is 2.37. The molecular formula is C12H22N2O2S. The molecule has 0 aromatic rings. The lowest BCUT2D eigenvalue weighted by molar-refractivity contribution is -0.150. The average Bonchev–Trinajstić information content (AvgIpc) is 2.27. The van der Waals surface area contributed by atoms with E-state index in [9.17, 15) is 9.59 Å². The Morgan fingerprint density at radius 3 is 2.65 bits per heavy atom. The van der Waals surface area contributed by atoms with Crippen molar-refractivity contribution in [3.63, 3.8) is 0 Å². The number of hydrogen-bond acceptors (Lipinski definition) is 3. The fourth-order valence-electron chi connectivity index (χ4n) is 2.07. The van der Waals surface area contributed by atoms with E-state index in [1.54, 1.807) is 18.7 Å². The second kappa shape index (κ2) is 6.28. The van der Waals surface area contributed by atoms with E-state index in [1.807, 2.05) is 18.7 Å². The van der Waals surface area contributed by atoms with Gasteiger partial charge in [-0.05, 0) is 38.7 Å². The molecule has 1 saturated heterocycles. The molecule has 3 unspecified atom stereocenters. The smallest absolute Gasteiger partial charge is 0.245 e. The van der Waals surface area contributed by atoms with Crippen LogP contribution in [-0.2, 0) is 9.59 Å². The van der Waals surface area contributed by atoms with Crippen LogP contribution in [0.2, 0.25) is 0 Å². The summed E-state index contributed by atoms with van der Waals surface area (Å²) >= 11 is 1.87. The van der Waals surface area contributed by atoms with Gasteiger partial charge in [-0.25, -0.2) is 0 Å². The molecule has 1 aliphatic heterocycles. The van der Waals surface area contributed by atoms with Crippen LogP contribution in [0.1, 0.15) is 34.1 Å². The first-order valence-electron chi connectivity index (χ1n) is 6.19. The predicted octanol–water partition coefficient (Wildman–Crippen LogP) is 1.25. The van der Waals surface area contributed by atoms with Crippen molar-refractivity contribution >= 4 is 23.6 Å². The lowest BCUT2D eigenvalue weighted by Gasteiger charge is -2.40. The molecule has 1 aliphatic rings. The van der Waals surface area contributed by atoms with Gasteiger partial charge in [0, 0.05) is 6.04 Å².